The Bertz CT molecular complexity index is 1030. The highest BCUT2D eigenvalue weighted by Crippen LogP contribution is 2.16. The van der Waals surface area contributed by atoms with Gasteiger partial charge in [0.15, 0.2) is 11.2 Å². The van der Waals surface area contributed by atoms with Crippen molar-refractivity contribution in [3.8, 4) is 0 Å². The van der Waals surface area contributed by atoms with E-state index in [4.69, 9.17) is 0 Å². The van der Waals surface area contributed by atoms with E-state index in [0.717, 1.165) is 12.8 Å². The first-order chi connectivity index (χ1) is 14.7. The topological polar surface area (TPSA) is 122 Å². The van der Waals surface area contributed by atoms with E-state index in [1.54, 1.807) is 0 Å². The lowest BCUT2D eigenvalue weighted by Gasteiger charge is -2.20. The van der Waals surface area contributed by atoms with Crippen LogP contribution in [-0.4, -0.2) is 56.0 Å². The minimum Gasteiger partial charge on any atom is -0.358 e. The number of imidazole rings is 1. The van der Waals surface area contributed by atoms with Crippen LogP contribution in [-0.2, 0) is 29.1 Å². The Morgan fingerprint density at radius 1 is 1.19 bits per heavy atom. The molecule has 2 aromatic rings. The van der Waals surface area contributed by atoms with Crippen molar-refractivity contribution in [1.29, 1.82) is 0 Å². The fraction of sp³-hybridized carbons (Fsp3) is 0.667. The lowest BCUT2D eigenvalue weighted by Crippen LogP contribution is -2.39. The molecule has 0 saturated heterocycles. The highest BCUT2D eigenvalue weighted by atomic mass is 16.2. The van der Waals surface area contributed by atoms with E-state index < -0.39 is 11.2 Å². The molecular formula is C21H34N6O4. The van der Waals surface area contributed by atoms with Crippen LogP contribution >= 0.6 is 0 Å². The number of carbonyl (C=O) groups is 2. The zero-order valence-corrected chi connectivity index (χ0v) is 19.2. The Kier molecular flexibility index (Phi) is 8.58. The van der Waals surface area contributed by atoms with E-state index in [1.807, 2.05) is 32.3 Å². The molecule has 0 radical (unpaired) electrons. The molecule has 10 nitrogen and oxygen atoms in total. The van der Waals surface area contributed by atoms with Gasteiger partial charge in [-0.05, 0) is 19.3 Å². The summed E-state index contributed by atoms with van der Waals surface area (Å²) in [7, 11) is 1.53. The molecule has 0 spiro atoms. The van der Waals surface area contributed by atoms with E-state index in [-0.39, 0.29) is 30.7 Å². The van der Waals surface area contributed by atoms with Crippen LogP contribution in [0.1, 0.15) is 52.8 Å². The molecule has 0 atom stereocenters. The van der Waals surface area contributed by atoms with Crippen LogP contribution < -0.4 is 16.6 Å². The smallest absolute Gasteiger partial charge is 0.330 e. The number of aromatic nitrogens is 4. The van der Waals surface area contributed by atoms with Crippen LogP contribution in [0.15, 0.2) is 9.59 Å². The number of likely N-dealkylation sites (N-methyl/N-ethyl adjacent to an activating group) is 2. The number of nitrogens with zero attached hydrogens (tertiary/aromatic N) is 4. The van der Waals surface area contributed by atoms with Crippen LogP contribution in [0.2, 0.25) is 0 Å². The Morgan fingerprint density at radius 2 is 1.90 bits per heavy atom. The summed E-state index contributed by atoms with van der Waals surface area (Å²) in [5, 5.41) is 2.52. The van der Waals surface area contributed by atoms with Crippen LogP contribution in [0.3, 0.4) is 0 Å². The van der Waals surface area contributed by atoms with Crippen molar-refractivity contribution in [2.45, 2.75) is 66.5 Å². The summed E-state index contributed by atoms with van der Waals surface area (Å²) in [6, 6.07) is 0. The SMILES string of the molecule is CCCCn1c(=O)[nH]c(=O)c2c1nc(CCC(=O)N(CC)CC(=O)NC)n2CC(C)C. The monoisotopic (exact) mass is 434 g/mol. The Hall–Kier alpha value is -2.91. The Labute approximate surface area is 181 Å². The molecule has 0 aliphatic carbocycles. The van der Waals surface area contributed by atoms with Crippen molar-refractivity contribution in [3.05, 3.63) is 26.7 Å². The lowest BCUT2D eigenvalue weighted by molar-refractivity contribution is -0.135. The first-order valence-corrected chi connectivity index (χ1v) is 10.9. The molecule has 0 saturated carbocycles. The third kappa shape index (κ3) is 5.83. The number of hydrogen-bond donors (Lipinski definition) is 2. The third-order valence-electron chi connectivity index (χ3n) is 5.16. The van der Waals surface area contributed by atoms with Crippen molar-refractivity contribution in [3.63, 3.8) is 0 Å². The fourth-order valence-corrected chi connectivity index (χ4v) is 3.50. The Morgan fingerprint density at radius 3 is 2.48 bits per heavy atom. The summed E-state index contributed by atoms with van der Waals surface area (Å²) in [6.07, 6.45) is 2.16. The van der Waals surface area contributed by atoms with Gasteiger partial charge in [-0.2, -0.15) is 0 Å². The summed E-state index contributed by atoms with van der Waals surface area (Å²) in [5.41, 5.74) is -0.202. The average molecular weight is 435 g/mol. The highest BCUT2D eigenvalue weighted by Gasteiger charge is 2.21. The zero-order chi connectivity index (χ0) is 23.1. The van der Waals surface area contributed by atoms with Gasteiger partial charge in [0, 0.05) is 39.5 Å². The first kappa shape index (κ1) is 24.4. The van der Waals surface area contributed by atoms with Gasteiger partial charge in [-0.3, -0.25) is 23.9 Å². The van der Waals surface area contributed by atoms with Gasteiger partial charge in [0.1, 0.15) is 5.82 Å². The molecule has 0 fully saturated rings. The molecule has 31 heavy (non-hydrogen) atoms. The molecule has 2 N–H and O–H groups in total. The van der Waals surface area contributed by atoms with Gasteiger partial charge in [0.25, 0.3) is 5.56 Å². The second-order valence-electron chi connectivity index (χ2n) is 8.05. The summed E-state index contributed by atoms with van der Waals surface area (Å²) < 4.78 is 3.33. The van der Waals surface area contributed by atoms with E-state index in [0.29, 0.717) is 43.0 Å². The number of hydrogen-bond acceptors (Lipinski definition) is 5. The molecule has 0 bridgehead atoms. The van der Waals surface area contributed by atoms with Gasteiger partial charge in [-0.1, -0.05) is 27.2 Å². The number of fused-ring (bicyclic) bond motifs is 1. The molecule has 2 amide bonds. The number of H-pyrrole nitrogens is 1. The maximum atomic E-state index is 12.7. The molecule has 2 rings (SSSR count). The number of nitrogens with one attached hydrogen (secondary N) is 2. The number of amides is 2. The van der Waals surface area contributed by atoms with Crippen molar-refractivity contribution < 1.29 is 9.59 Å². The number of aryl methyl sites for hydroxylation is 2. The van der Waals surface area contributed by atoms with Crippen LogP contribution in [0.4, 0.5) is 0 Å². The van der Waals surface area contributed by atoms with Gasteiger partial charge >= 0.3 is 5.69 Å². The van der Waals surface area contributed by atoms with E-state index in [1.165, 1.54) is 16.5 Å². The number of unbranched alkanes of at least 4 members (excludes halogenated alkanes) is 1. The molecule has 10 heteroatoms. The summed E-state index contributed by atoms with van der Waals surface area (Å²) in [4.78, 5) is 57.9. The highest BCUT2D eigenvalue weighted by molar-refractivity contribution is 5.84. The number of carbonyl (C=O) groups excluding carboxylic acids is 2. The summed E-state index contributed by atoms with van der Waals surface area (Å²) in [6.45, 7) is 9.35. The first-order valence-electron chi connectivity index (χ1n) is 10.9. The standard InChI is InChI=1S/C21H34N6O4/c1-6-8-11-26-19-18(20(30)24-21(26)31)27(12-14(3)4)15(23-19)9-10-17(29)25(7-2)13-16(28)22-5/h14H,6-13H2,1-5H3,(H,22,28)(H,24,30,31). The normalized spacial score (nSPS) is 11.3. The molecule has 0 aromatic carbocycles. The van der Waals surface area contributed by atoms with Crippen molar-refractivity contribution >= 4 is 23.0 Å². The minimum absolute atomic E-state index is 0.00444. The largest absolute Gasteiger partial charge is 0.358 e. The van der Waals surface area contributed by atoms with Crippen molar-refractivity contribution in [2.24, 2.45) is 5.92 Å². The molecule has 0 aliphatic heterocycles. The second kappa shape index (κ2) is 10.9. The molecule has 0 aliphatic rings. The fourth-order valence-electron chi connectivity index (χ4n) is 3.50. The van der Waals surface area contributed by atoms with Crippen LogP contribution in [0, 0.1) is 5.92 Å². The van der Waals surface area contributed by atoms with Gasteiger partial charge in [0.2, 0.25) is 11.8 Å². The minimum atomic E-state index is -0.467. The van der Waals surface area contributed by atoms with Crippen LogP contribution in [0.25, 0.3) is 11.2 Å². The lowest BCUT2D eigenvalue weighted by atomic mass is 10.2. The predicted molar refractivity (Wildman–Crippen MR) is 119 cm³/mol. The second-order valence-corrected chi connectivity index (χ2v) is 8.05. The van der Waals surface area contributed by atoms with Crippen molar-refractivity contribution in [1.82, 2.24) is 29.3 Å². The summed E-state index contributed by atoms with van der Waals surface area (Å²) >= 11 is 0. The predicted octanol–water partition coefficient (Wildman–Crippen LogP) is 0.870. The molecular weight excluding hydrogens is 400 g/mol. The third-order valence-corrected chi connectivity index (χ3v) is 5.16. The van der Waals surface area contributed by atoms with Gasteiger partial charge in [0.05, 0.1) is 6.54 Å². The molecule has 2 aromatic heterocycles. The number of aromatic amines is 1. The van der Waals surface area contributed by atoms with E-state index >= 15 is 0 Å². The van der Waals surface area contributed by atoms with Crippen LogP contribution in [0.5, 0.6) is 0 Å². The maximum absolute atomic E-state index is 12.7. The zero-order valence-electron chi connectivity index (χ0n) is 19.2. The number of rotatable bonds is 11. The van der Waals surface area contributed by atoms with E-state index in [2.05, 4.69) is 15.3 Å². The molecule has 172 valence electrons. The van der Waals surface area contributed by atoms with Gasteiger partial charge < -0.3 is 14.8 Å². The summed E-state index contributed by atoms with van der Waals surface area (Å²) in [5.74, 6) is 0.442. The average Bonchev–Trinajstić information content (AvgIpc) is 3.07. The van der Waals surface area contributed by atoms with Crippen molar-refractivity contribution in [2.75, 3.05) is 20.1 Å². The van der Waals surface area contributed by atoms with Gasteiger partial charge in [-0.25, -0.2) is 9.78 Å². The molecule has 0 unspecified atom stereocenters. The quantitative estimate of drug-likeness (QED) is 0.543. The van der Waals surface area contributed by atoms with Gasteiger partial charge in [-0.15, -0.1) is 0 Å². The maximum Gasteiger partial charge on any atom is 0.330 e. The van der Waals surface area contributed by atoms with E-state index in [9.17, 15) is 19.2 Å². The Balaban J connectivity index is 2.43. The molecule has 2 heterocycles.